The number of carbonyl (C=O) groups excluding carboxylic acids is 2. The van der Waals surface area contributed by atoms with E-state index in [1.54, 1.807) is 0 Å². The molecular formula is C9H16O6. The van der Waals surface area contributed by atoms with Crippen LogP contribution < -0.4 is 0 Å². The van der Waals surface area contributed by atoms with E-state index in [9.17, 15) is 14.7 Å². The Bertz CT molecular complexity index is 237. The zero-order valence-corrected chi connectivity index (χ0v) is 8.62. The second-order valence-electron chi connectivity index (χ2n) is 3.33. The first kappa shape index (κ1) is 14.2. The van der Waals surface area contributed by atoms with Crippen LogP contribution in [0.15, 0.2) is 0 Å². The molecule has 88 valence electrons. The Balaban J connectivity index is 4.51. The lowest BCUT2D eigenvalue weighted by molar-refractivity contribution is -0.152. The second-order valence-corrected chi connectivity index (χ2v) is 3.33. The molecule has 0 saturated carbocycles. The molecule has 0 aromatic rings. The first-order chi connectivity index (χ1) is 6.82. The van der Waals surface area contributed by atoms with Gasteiger partial charge in [-0.1, -0.05) is 6.92 Å². The highest BCUT2D eigenvalue weighted by molar-refractivity contribution is 6.40. The van der Waals surface area contributed by atoms with Gasteiger partial charge in [-0.2, -0.15) is 0 Å². The third-order valence-electron chi connectivity index (χ3n) is 2.02. The molecule has 0 aliphatic carbocycles. The van der Waals surface area contributed by atoms with Crippen LogP contribution in [0.25, 0.3) is 0 Å². The number of hydrogen-bond acceptors (Lipinski definition) is 6. The smallest absolute Gasteiger partial charge is 0.232 e. The van der Waals surface area contributed by atoms with Crippen LogP contribution in [0.5, 0.6) is 0 Å². The molecule has 4 atom stereocenters. The fourth-order valence-corrected chi connectivity index (χ4v) is 0.909. The number of aliphatic hydroxyl groups is 4. The largest absolute Gasteiger partial charge is 0.390 e. The van der Waals surface area contributed by atoms with Crippen LogP contribution >= 0.6 is 0 Å². The summed E-state index contributed by atoms with van der Waals surface area (Å²) in [5, 5.41) is 36.2. The van der Waals surface area contributed by atoms with E-state index in [0.29, 0.717) is 0 Å². The summed E-state index contributed by atoms with van der Waals surface area (Å²) in [4.78, 5) is 22.3. The van der Waals surface area contributed by atoms with E-state index < -0.39 is 36.0 Å². The van der Waals surface area contributed by atoms with Gasteiger partial charge in [0.25, 0.3) is 0 Å². The maximum Gasteiger partial charge on any atom is 0.232 e. The lowest BCUT2D eigenvalue weighted by Gasteiger charge is -2.17. The van der Waals surface area contributed by atoms with E-state index >= 15 is 0 Å². The van der Waals surface area contributed by atoms with Crippen molar-refractivity contribution in [3.63, 3.8) is 0 Å². The summed E-state index contributed by atoms with van der Waals surface area (Å²) in [6, 6.07) is 0. The SMILES string of the molecule is CCC(O)C(O)C(=O)C(=O)C(O)C(C)O. The number of ketones is 2. The average Bonchev–Trinajstić information content (AvgIpc) is 2.23. The molecule has 0 aromatic heterocycles. The fraction of sp³-hybridized carbons (Fsp3) is 0.778. The third kappa shape index (κ3) is 3.67. The van der Waals surface area contributed by atoms with Gasteiger partial charge in [0, 0.05) is 0 Å². The van der Waals surface area contributed by atoms with Gasteiger partial charge in [-0.15, -0.1) is 0 Å². The summed E-state index contributed by atoms with van der Waals surface area (Å²) in [6.45, 7) is 2.66. The zero-order valence-electron chi connectivity index (χ0n) is 8.62. The normalized spacial score (nSPS) is 19.1. The van der Waals surface area contributed by atoms with Gasteiger partial charge in [0.15, 0.2) is 0 Å². The monoisotopic (exact) mass is 220 g/mol. The van der Waals surface area contributed by atoms with E-state index in [0.717, 1.165) is 6.92 Å². The summed E-state index contributed by atoms with van der Waals surface area (Å²) >= 11 is 0. The first-order valence-corrected chi connectivity index (χ1v) is 4.63. The lowest BCUT2D eigenvalue weighted by atomic mass is 9.99. The summed E-state index contributed by atoms with van der Waals surface area (Å²) in [6.07, 6.45) is -6.35. The predicted molar refractivity (Wildman–Crippen MR) is 50.0 cm³/mol. The van der Waals surface area contributed by atoms with Gasteiger partial charge in [0.05, 0.1) is 12.2 Å². The van der Waals surface area contributed by atoms with Gasteiger partial charge in [0.1, 0.15) is 12.2 Å². The van der Waals surface area contributed by atoms with Crippen molar-refractivity contribution in [2.75, 3.05) is 0 Å². The maximum atomic E-state index is 11.2. The maximum absolute atomic E-state index is 11.2. The van der Waals surface area contributed by atoms with Crippen molar-refractivity contribution in [3.05, 3.63) is 0 Å². The minimum absolute atomic E-state index is 0.102. The van der Waals surface area contributed by atoms with Crippen LogP contribution in [0, 0.1) is 0 Å². The molecule has 0 aromatic carbocycles. The van der Waals surface area contributed by atoms with Gasteiger partial charge in [0.2, 0.25) is 11.6 Å². The predicted octanol–water partition coefficient (Wildman–Crippen LogP) is -2.00. The van der Waals surface area contributed by atoms with Gasteiger partial charge < -0.3 is 20.4 Å². The van der Waals surface area contributed by atoms with Crippen molar-refractivity contribution in [2.45, 2.75) is 44.7 Å². The summed E-state index contributed by atoms with van der Waals surface area (Å²) in [7, 11) is 0. The summed E-state index contributed by atoms with van der Waals surface area (Å²) in [5.41, 5.74) is 0. The molecule has 0 rings (SSSR count). The molecule has 6 heteroatoms. The molecular weight excluding hydrogens is 204 g/mol. The number of carbonyl (C=O) groups is 2. The van der Waals surface area contributed by atoms with Gasteiger partial charge in [-0.25, -0.2) is 0 Å². The first-order valence-electron chi connectivity index (χ1n) is 4.63. The number of rotatable bonds is 6. The number of hydrogen-bond donors (Lipinski definition) is 4. The van der Waals surface area contributed by atoms with Crippen LogP contribution in [-0.2, 0) is 9.59 Å². The molecule has 0 radical (unpaired) electrons. The van der Waals surface area contributed by atoms with Crippen LogP contribution in [0.3, 0.4) is 0 Å². The average molecular weight is 220 g/mol. The Morgan fingerprint density at radius 3 is 1.73 bits per heavy atom. The molecule has 0 fully saturated rings. The molecule has 0 amide bonds. The van der Waals surface area contributed by atoms with Crippen LogP contribution in [0.4, 0.5) is 0 Å². The standard InChI is InChI=1S/C9H16O6/c1-3-5(11)7(13)9(15)8(14)6(12)4(2)10/h4-7,10-13H,3H2,1-2H3. The molecule has 15 heavy (non-hydrogen) atoms. The van der Waals surface area contributed by atoms with Gasteiger partial charge in [-0.3, -0.25) is 9.59 Å². The van der Waals surface area contributed by atoms with Crippen molar-refractivity contribution in [1.82, 2.24) is 0 Å². The molecule has 0 heterocycles. The van der Waals surface area contributed by atoms with E-state index in [2.05, 4.69) is 0 Å². The molecule has 6 nitrogen and oxygen atoms in total. The van der Waals surface area contributed by atoms with Gasteiger partial charge in [-0.05, 0) is 13.3 Å². The lowest BCUT2D eigenvalue weighted by Crippen LogP contribution is -2.45. The summed E-state index contributed by atoms with van der Waals surface area (Å²) in [5.74, 6) is -2.59. The highest BCUT2D eigenvalue weighted by Crippen LogP contribution is 2.04. The second kappa shape index (κ2) is 5.92. The molecule has 0 bridgehead atoms. The highest BCUT2D eigenvalue weighted by atomic mass is 16.3. The molecule has 0 saturated heterocycles. The Hall–Kier alpha value is -0.820. The van der Waals surface area contributed by atoms with E-state index in [-0.39, 0.29) is 6.42 Å². The molecule has 4 N–H and O–H groups in total. The van der Waals surface area contributed by atoms with E-state index in [4.69, 9.17) is 15.3 Å². The van der Waals surface area contributed by atoms with Crippen molar-refractivity contribution >= 4 is 11.6 Å². The Morgan fingerprint density at radius 1 is 1.00 bits per heavy atom. The molecule has 0 aliphatic heterocycles. The van der Waals surface area contributed by atoms with Crippen molar-refractivity contribution < 1.29 is 30.0 Å². The quantitative estimate of drug-likeness (QED) is 0.385. The van der Waals surface area contributed by atoms with Crippen LogP contribution in [0.2, 0.25) is 0 Å². The Kier molecular flexibility index (Phi) is 5.59. The van der Waals surface area contributed by atoms with Crippen molar-refractivity contribution in [2.24, 2.45) is 0 Å². The third-order valence-corrected chi connectivity index (χ3v) is 2.02. The fourth-order valence-electron chi connectivity index (χ4n) is 0.909. The molecule has 0 aliphatic rings. The van der Waals surface area contributed by atoms with Crippen LogP contribution in [0.1, 0.15) is 20.3 Å². The summed E-state index contributed by atoms with van der Waals surface area (Å²) < 4.78 is 0. The van der Waals surface area contributed by atoms with Crippen molar-refractivity contribution in [3.8, 4) is 0 Å². The van der Waals surface area contributed by atoms with Crippen molar-refractivity contribution in [1.29, 1.82) is 0 Å². The van der Waals surface area contributed by atoms with E-state index in [1.165, 1.54) is 6.92 Å². The van der Waals surface area contributed by atoms with Crippen LogP contribution in [-0.4, -0.2) is 56.4 Å². The Morgan fingerprint density at radius 2 is 1.40 bits per heavy atom. The van der Waals surface area contributed by atoms with E-state index in [1.807, 2.05) is 0 Å². The number of Topliss-reactive ketones (excluding diaryl/α,β-unsaturated/α-hetero) is 2. The van der Waals surface area contributed by atoms with Gasteiger partial charge >= 0.3 is 0 Å². The highest BCUT2D eigenvalue weighted by Gasteiger charge is 2.34. The topological polar surface area (TPSA) is 115 Å². The Labute approximate surface area is 87.2 Å². The molecule has 0 spiro atoms. The minimum Gasteiger partial charge on any atom is -0.390 e. The zero-order chi connectivity index (χ0) is 12.2. The molecule has 4 unspecified atom stereocenters. The minimum atomic E-state index is -1.86. The number of aliphatic hydroxyl groups excluding tert-OH is 4.